The summed E-state index contributed by atoms with van der Waals surface area (Å²) in [5, 5.41) is 0.797. The fourth-order valence-corrected chi connectivity index (χ4v) is 3.41. The average Bonchev–Trinajstić information content (AvgIpc) is 2.72. The van der Waals surface area contributed by atoms with Gasteiger partial charge in [0.25, 0.3) is 0 Å². The lowest BCUT2D eigenvalue weighted by Gasteiger charge is -2.35. The maximum atomic E-state index is 6.10. The molecule has 3 heteroatoms. The number of rotatable bonds is 4. The van der Waals surface area contributed by atoms with Crippen LogP contribution in [0.25, 0.3) is 0 Å². The largest absolute Gasteiger partial charge is 0.329 e. The molecule has 0 amide bonds. The van der Waals surface area contributed by atoms with Crippen molar-refractivity contribution in [3.63, 3.8) is 0 Å². The molecule has 1 aromatic rings. The number of nitrogens with two attached hydrogens (primary N) is 1. The Morgan fingerprint density at radius 3 is 2.83 bits per heavy atom. The minimum Gasteiger partial charge on any atom is -0.329 e. The molecule has 1 saturated heterocycles. The van der Waals surface area contributed by atoms with Crippen LogP contribution < -0.4 is 5.73 Å². The summed E-state index contributed by atoms with van der Waals surface area (Å²) in [6.45, 7) is 5.23. The highest BCUT2D eigenvalue weighted by Gasteiger charge is 2.34. The van der Waals surface area contributed by atoms with Gasteiger partial charge in [0.2, 0.25) is 0 Å². The summed E-state index contributed by atoms with van der Waals surface area (Å²) in [4.78, 5) is 2.59. The van der Waals surface area contributed by atoms with Gasteiger partial charge in [-0.25, -0.2) is 0 Å². The predicted octanol–water partition coefficient (Wildman–Crippen LogP) is 3.60. The number of benzene rings is 1. The third-order valence-electron chi connectivity index (χ3n) is 4.14. The first kappa shape index (κ1) is 13.9. The maximum Gasteiger partial charge on any atom is 0.0476 e. The van der Waals surface area contributed by atoms with Crippen LogP contribution in [0.5, 0.6) is 0 Å². The first-order valence-electron chi connectivity index (χ1n) is 6.90. The van der Waals surface area contributed by atoms with Gasteiger partial charge in [0.05, 0.1) is 0 Å². The van der Waals surface area contributed by atoms with E-state index in [0.29, 0.717) is 24.7 Å². The fourth-order valence-electron chi connectivity index (χ4n) is 3.21. The van der Waals surface area contributed by atoms with Crippen LogP contribution in [0.4, 0.5) is 0 Å². The molecule has 1 aliphatic heterocycles. The summed E-state index contributed by atoms with van der Waals surface area (Å²) >= 11 is 6.10. The highest BCUT2D eigenvalue weighted by Crippen LogP contribution is 2.35. The van der Waals surface area contributed by atoms with Crippen LogP contribution in [0.15, 0.2) is 24.3 Å². The minimum absolute atomic E-state index is 0.297. The van der Waals surface area contributed by atoms with Crippen molar-refractivity contribution >= 4 is 11.6 Å². The van der Waals surface area contributed by atoms with Crippen molar-refractivity contribution in [2.45, 2.75) is 51.2 Å². The highest BCUT2D eigenvalue weighted by molar-refractivity contribution is 6.30. The van der Waals surface area contributed by atoms with Crippen molar-refractivity contribution < 1.29 is 0 Å². The summed E-state index contributed by atoms with van der Waals surface area (Å²) < 4.78 is 0. The molecule has 0 saturated carbocycles. The maximum absolute atomic E-state index is 6.10. The summed E-state index contributed by atoms with van der Waals surface area (Å²) in [7, 11) is 0. The van der Waals surface area contributed by atoms with E-state index in [1.807, 2.05) is 12.1 Å². The second kappa shape index (κ2) is 6.05. The third kappa shape index (κ3) is 2.71. The van der Waals surface area contributed by atoms with E-state index < -0.39 is 0 Å². The number of hydrogen-bond acceptors (Lipinski definition) is 2. The molecule has 1 heterocycles. The Kier molecular flexibility index (Phi) is 4.66. The summed E-state index contributed by atoms with van der Waals surface area (Å²) in [6, 6.07) is 9.70. The van der Waals surface area contributed by atoms with Gasteiger partial charge in [-0.2, -0.15) is 0 Å². The number of hydrogen-bond donors (Lipinski definition) is 1. The number of nitrogens with zero attached hydrogens (tertiary/aromatic N) is 1. The van der Waals surface area contributed by atoms with Gasteiger partial charge in [0, 0.05) is 29.7 Å². The monoisotopic (exact) mass is 266 g/mol. The second-order valence-corrected chi connectivity index (χ2v) is 5.68. The first-order valence-corrected chi connectivity index (χ1v) is 7.28. The molecule has 1 aromatic carbocycles. The summed E-state index contributed by atoms with van der Waals surface area (Å²) in [6.07, 6.45) is 3.76. The van der Waals surface area contributed by atoms with E-state index in [2.05, 4.69) is 30.9 Å². The van der Waals surface area contributed by atoms with Gasteiger partial charge in [-0.1, -0.05) is 30.7 Å². The average molecular weight is 267 g/mol. The van der Waals surface area contributed by atoms with Gasteiger partial charge in [-0.3, -0.25) is 4.90 Å². The minimum atomic E-state index is 0.297. The van der Waals surface area contributed by atoms with Crippen molar-refractivity contribution in [2.75, 3.05) is 6.54 Å². The lowest BCUT2D eigenvalue weighted by molar-refractivity contribution is 0.137. The molecule has 2 nitrogen and oxygen atoms in total. The van der Waals surface area contributed by atoms with Crippen molar-refractivity contribution in [1.82, 2.24) is 4.90 Å². The van der Waals surface area contributed by atoms with Crippen LogP contribution in [-0.2, 0) is 0 Å². The standard InChI is InChI=1S/C15H23ClN2/c1-3-14-8-7-11(2)18(14)15(10-17)12-5-4-6-13(16)9-12/h4-6,9,11,14-15H,3,7-8,10,17H2,1-2H3. The molecule has 1 aliphatic rings. The van der Waals surface area contributed by atoms with E-state index >= 15 is 0 Å². The lowest BCUT2D eigenvalue weighted by Crippen LogP contribution is -2.41. The number of halogens is 1. The van der Waals surface area contributed by atoms with Crippen LogP contribution in [0.2, 0.25) is 5.02 Å². The van der Waals surface area contributed by atoms with E-state index in [9.17, 15) is 0 Å². The molecule has 18 heavy (non-hydrogen) atoms. The summed E-state index contributed by atoms with van der Waals surface area (Å²) in [5.41, 5.74) is 7.28. The molecule has 1 fully saturated rings. The summed E-state index contributed by atoms with van der Waals surface area (Å²) in [5.74, 6) is 0. The van der Waals surface area contributed by atoms with Gasteiger partial charge in [-0.05, 0) is 43.9 Å². The molecule has 0 radical (unpaired) electrons. The van der Waals surface area contributed by atoms with Crippen LogP contribution in [0, 0.1) is 0 Å². The SMILES string of the molecule is CCC1CCC(C)N1C(CN)c1cccc(Cl)c1. The van der Waals surface area contributed by atoms with E-state index in [4.69, 9.17) is 17.3 Å². The molecule has 3 atom stereocenters. The molecule has 0 spiro atoms. The predicted molar refractivity (Wildman–Crippen MR) is 77.9 cm³/mol. The number of likely N-dealkylation sites (tertiary alicyclic amines) is 1. The molecule has 0 aliphatic carbocycles. The van der Waals surface area contributed by atoms with E-state index in [-0.39, 0.29) is 0 Å². The first-order chi connectivity index (χ1) is 8.67. The zero-order chi connectivity index (χ0) is 13.1. The van der Waals surface area contributed by atoms with E-state index in [0.717, 1.165) is 5.02 Å². The highest BCUT2D eigenvalue weighted by atomic mass is 35.5. The zero-order valence-electron chi connectivity index (χ0n) is 11.3. The van der Waals surface area contributed by atoms with Crippen LogP contribution in [0.3, 0.4) is 0 Å². The van der Waals surface area contributed by atoms with E-state index in [1.165, 1.54) is 24.8 Å². The van der Waals surface area contributed by atoms with Crippen molar-refractivity contribution in [3.05, 3.63) is 34.9 Å². The smallest absolute Gasteiger partial charge is 0.0476 e. The van der Waals surface area contributed by atoms with Crippen molar-refractivity contribution in [2.24, 2.45) is 5.73 Å². The molecular formula is C15H23ClN2. The molecule has 0 bridgehead atoms. The van der Waals surface area contributed by atoms with Crippen LogP contribution in [-0.4, -0.2) is 23.5 Å². The Labute approximate surface area is 115 Å². The Morgan fingerprint density at radius 2 is 2.22 bits per heavy atom. The van der Waals surface area contributed by atoms with Gasteiger partial charge in [0.15, 0.2) is 0 Å². The Hall–Kier alpha value is -0.570. The molecular weight excluding hydrogens is 244 g/mol. The topological polar surface area (TPSA) is 29.3 Å². The van der Waals surface area contributed by atoms with Crippen molar-refractivity contribution in [3.8, 4) is 0 Å². The Morgan fingerprint density at radius 1 is 1.44 bits per heavy atom. The van der Waals surface area contributed by atoms with E-state index in [1.54, 1.807) is 0 Å². The van der Waals surface area contributed by atoms with Gasteiger partial charge < -0.3 is 5.73 Å². The molecule has 0 aromatic heterocycles. The Balaban J connectivity index is 2.27. The quantitative estimate of drug-likeness (QED) is 0.902. The lowest BCUT2D eigenvalue weighted by atomic mass is 10.0. The van der Waals surface area contributed by atoms with Crippen molar-refractivity contribution in [1.29, 1.82) is 0 Å². The molecule has 2 rings (SSSR count). The molecule has 2 N–H and O–H groups in total. The van der Waals surface area contributed by atoms with Crippen LogP contribution >= 0.6 is 11.6 Å². The Bertz CT molecular complexity index is 394. The van der Waals surface area contributed by atoms with Crippen LogP contribution in [0.1, 0.15) is 44.7 Å². The fraction of sp³-hybridized carbons (Fsp3) is 0.600. The molecule has 3 unspecified atom stereocenters. The van der Waals surface area contributed by atoms with Gasteiger partial charge >= 0.3 is 0 Å². The third-order valence-corrected chi connectivity index (χ3v) is 4.37. The second-order valence-electron chi connectivity index (χ2n) is 5.24. The van der Waals surface area contributed by atoms with Gasteiger partial charge in [-0.15, -0.1) is 0 Å². The van der Waals surface area contributed by atoms with Gasteiger partial charge in [0.1, 0.15) is 0 Å². The normalized spacial score (nSPS) is 26.4. The zero-order valence-corrected chi connectivity index (χ0v) is 12.0. The molecule has 100 valence electrons.